The highest BCUT2D eigenvalue weighted by molar-refractivity contribution is 7.89. The van der Waals surface area contributed by atoms with Crippen LogP contribution >= 0.6 is 11.3 Å². The van der Waals surface area contributed by atoms with Crippen LogP contribution in [0.5, 0.6) is 0 Å². The zero-order valence-electron chi connectivity index (χ0n) is 19.1. The fraction of sp³-hybridized carbons (Fsp3) is 0.231. The monoisotopic (exact) mass is 494 g/mol. The van der Waals surface area contributed by atoms with Crippen LogP contribution in [0.2, 0.25) is 0 Å². The van der Waals surface area contributed by atoms with Gasteiger partial charge in [0.25, 0.3) is 5.91 Å². The lowest BCUT2D eigenvalue weighted by molar-refractivity contribution is -0.126. The number of Topliss-reactive ketones (excluding diaryl/α,β-unsaturated/α-hetero) is 1. The van der Waals surface area contributed by atoms with Crippen LogP contribution in [0.3, 0.4) is 0 Å². The molecule has 4 rings (SSSR count). The van der Waals surface area contributed by atoms with E-state index in [1.165, 1.54) is 46.8 Å². The zero-order chi connectivity index (χ0) is 24.3. The first kappa shape index (κ1) is 24.1. The number of nitrogens with zero attached hydrogens (tertiary/aromatic N) is 2. The summed E-state index contributed by atoms with van der Waals surface area (Å²) >= 11 is 1.51. The molecule has 0 saturated carbocycles. The van der Waals surface area contributed by atoms with Crippen molar-refractivity contribution in [3.63, 3.8) is 0 Å². The summed E-state index contributed by atoms with van der Waals surface area (Å²) in [7, 11) is -3.70. The van der Waals surface area contributed by atoms with Gasteiger partial charge in [0.05, 0.1) is 10.5 Å². The number of carbonyl (C=O) groups is 2. The van der Waals surface area contributed by atoms with Gasteiger partial charge in [0.15, 0.2) is 5.78 Å². The van der Waals surface area contributed by atoms with Gasteiger partial charge in [0.2, 0.25) is 10.0 Å². The summed E-state index contributed by atoms with van der Waals surface area (Å²) in [4.78, 5) is 27.7. The van der Waals surface area contributed by atoms with Crippen molar-refractivity contribution in [2.45, 2.75) is 18.7 Å². The Balaban J connectivity index is 1.51. The Morgan fingerprint density at radius 2 is 1.65 bits per heavy atom. The summed E-state index contributed by atoms with van der Waals surface area (Å²) < 4.78 is 27.5. The van der Waals surface area contributed by atoms with Gasteiger partial charge in [-0.25, -0.2) is 8.42 Å². The smallest absolute Gasteiger partial charge is 0.255 e. The van der Waals surface area contributed by atoms with Crippen molar-refractivity contribution < 1.29 is 18.0 Å². The van der Waals surface area contributed by atoms with E-state index in [0.717, 1.165) is 16.0 Å². The van der Waals surface area contributed by atoms with E-state index in [0.29, 0.717) is 24.2 Å². The van der Waals surface area contributed by atoms with Crippen molar-refractivity contribution >= 4 is 44.7 Å². The normalized spacial score (nSPS) is 15.4. The molecule has 0 radical (unpaired) electrons. The third-order valence-corrected chi connectivity index (χ3v) is 8.61. The number of sulfonamides is 1. The highest BCUT2D eigenvalue weighted by Crippen LogP contribution is 2.27. The van der Waals surface area contributed by atoms with Crippen molar-refractivity contribution in [1.82, 2.24) is 9.21 Å². The second-order valence-corrected chi connectivity index (χ2v) is 11.1. The minimum absolute atomic E-state index is 0.105. The topological polar surface area (TPSA) is 74.8 Å². The molecule has 0 N–H and O–H groups in total. The quantitative estimate of drug-likeness (QED) is 0.378. The minimum Gasteiger partial charge on any atom is -0.336 e. The molecule has 1 fully saturated rings. The summed E-state index contributed by atoms with van der Waals surface area (Å²) in [6, 6.07) is 17.8. The fourth-order valence-corrected chi connectivity index (χ4v) is 6.07. The third-order valence-electron chi connectivity index (χ3n) is 5.79. The number of aryl methyl sites for hydroxylation is 1. The van der Waals surface area contributed by atoms with Crippen molar-refractivity contribution in [1.29, 1.82) is 0 Å². The third kappa shape index (κ3) is 5.19. The Morgan fingerprint density at radius 3 is 2.24 bits per heavy atom. The maximum atomic E-state index is 13.5. The van der Waals surface area contributed by atoms with Crippen molar-refractivity contribution in [2.24, 2.45) is 0 Å². The second-order valence-electron chi connectivity index (χ2n) is 8.23. The predicted octanol–water partition coefficient (Wildman–Crippen LogP) is 4.33. The molecule has 2 heterocycles. The molecule has 1 aliphatic rings. The lowest BCUT2D eigenvalue weighted by Gasteiger charge is -2.34. The highest BCUT2D eigenvalue weighted by Gasteiger charge is 2.31. The van der Waals surface area contributed by atoms with Gasteiger partial charge >= 0.3 is 0 Å². The van der Waals surface area contributed by atoms with E-state index in [2.05, 4.69) is 0 Å². The average Bonchev–Trinajstić information content (AvgIpc) is 3.37. The molecule has 0 bridgehead atoms. The van der Waals surface area contributed by atoms with Crippen LogP contribution in [0.4, 0.5) is 0 Å². The zero-order valence-corrected chi connectivity index (χ0v) is 20.7. The number of hydrogen-bond donors (Lipinski definition) is 0. The van der Waals surface area contributed by atoms with Gasteiger partial charge in [0.1, 0.15) is 0 Å². The molecule has 1 amide bonds. The summed E-state index contributed by atoms with van der Waals surface area (Å²) in [6.07, 6.45) is 1.90. The SMILES string of the molecule is CC(=O)c1ccc(S(=O)(=O)N2CCN(C(=O)/C(=C/c3cccc(C)c3)c3cccs3)CC2)cc1. The summed E-state index contributed by atoms with van der Waals surface area (Å²) in [5.74, 6) is -0.219. The van der Waals surface area contributed by atoms with Crippen LogP contribution in [0.15, 0.2) is 70.9 Å². The largest absolute Gasteiger partial charge is 0.336 e. The van der Waals surface area contributed by atoms with Crippen LogP contribution in [-0.2, 0) is 14.8 Å². The van der Waals surface area contributed by atoms with Crippen molar-refractivity contribution in [3.05, 3.63) is 87.6 Å². The van der Waals surface area contributed by atoms with E-state index in [4.69, 9.17) is 0 Å². The Morgan fingerprint density at radius 1 is 0.941 bits per heavy atom. The maximum absolute atomic E-state index is 13.5. The molecule has 1 aliphatic heterocycles. The van der Waals surface area contributed by atoms with Gasteiger partial charge in [-0.3, -0.25) is 9.59 Å². The van der Waals surface area contributed by atoms with E-state index in [-0.39, 0.29) is 29.7 Å². The molecule has 2 aromatic carbocycles. The van der Waals surface area contributed by atoms with Gasteiger partial charge < -0.3 is 4.90 Å². The standard InChI is InChI=1S/C26H26N2O4S2/c1-19-5-3-6-21(17-19)18-24(25-7-4-16-33-25)26(30)27-12-14-28(15-13-27)34(31,32)23-10-8-22(9-11-23)20(2)29/h3-11,16-18H,12-15H2,1-2H3/b24-18+. The van der Waals surface area contributed by atoms with E-state index < -0.39 is 10.0 Å². The van der Waals surface area contributed by atoms with Crippen molar-refractivity contribution in [2.75, 3.05) is 26.2 Å². The maximum Gasteiger partial charge on any atom is 0.255 e. The number of piperazine rings is 1. The lowest BCUT2D eigenvalue weighted by atomic mass is 10.1. The van der Waals surface area contributed by atoms with Crippen LogP contribution in [0.1, 0.15) is 33.3 Å². The highest BCUT2D eigenvalue weighted by atomic mass is 32.2. The molecule has 6 nitrogen and oxygen atoms in total. The molecule has 8 heteroatoms. The lowest BCUT2D eigenvalue weighted by Crippen LogP contribution is -2.50. The number of hydrogen-bond acceptors (Lipinski definition) is 5. The molecular weight excluding hydrogens is 468 g/mol. The number of thiophene rings is 1. The van der Waals surface area contributed by atoms with E-state index in [9.17, 15) is 18.0 Å². The first-order valence-electron chi connectivity index (χ1n) is 11.0. The molecule has 3 aromatic rings. The fourth-order valence-electron chi connectivity index (χ4n) is 3.91. The Bertz CT molecular complexity index is 1320. The van der Waals surface area contributed by atoms with Crippen LogP contribution < -0.4 is 0 Å². The van der Waals surface area contributed by atoms with Gasteiger partial charge in [-0.2, -0.15) is 4.31 Å². The number of rotatable bonds is 6. The number of amides is 1. The molecule has 0 aliphatic carbocycles. The molecule has 34 heavy (non-hydrogen) atoms. The molecule has 1 saturated heterocycles. The predicted molar refractivity (Wildman–Crippen MR) is 135 cm³/mol. The number of carbonyl (C=O) groups excluding carboxylic acids is 2. The summed E-state index contributed by atoms with van der Waals surface area (Å²) in [6.45, 7) is 4.49. The molecule has 0 spiro atoms. The first-order chi connectivity index (χ1) is 16.3. The minimum atomic E-state index is -3.70. The second kappa shape index (κ2) is 10.0. The first-order valence-corrected chi connectivity index (χ1v) is 13.3. The summed E-state index contributed by atoms with van der Waals surface area (Å²) in [5, 5.41) is 1.94. The van der Waals surface area contributed by atoms with Crippen LogP contribution in [0.25, 0.3) is 11.6 Å². The van der Waals surface area contributed by atoms with Gasteiger partial charge in [0, 0.05) is 36.6 Å². The molecule has 0 unspecified atom stereocenters. The Hall–Kier alpha value is -3.07. The van der Waals surface area contributed by atoms with Crippen LogP contribution in [-0.4, -0.2) is 55.5 Å². The van der Waals surface area contributed by atoms with Gasteiger partial charge in [-0.1, -0.05) is 48.0 Å². The molecule has 176 valence electrons. The van der Waals surface area contributed by atoms with Gasteiger partial charge in [-0.15, -0.1) is 11.3 Å². The number of benzene rings is 2. The van der Waals surface area contributed by atoms with Crippen molar-refractivity contribution in [3.8, 4) is 0 Å². The van der Waals surface area contributed by atoms with E-state index in [1.807, 2.05) is 54.8 Å². The summed E-state index contributed by atoms with van der Waals surface area (Å²) in [5.41, 5.74) is 3.14. The van der Waals surface area contributed by atoms with Crippen LogP contribution in [0, 0.1) is 6.92 Å². The number of ketones is 1. The molecule has 0 atom stereocenters. The molecule has 1 aromatic heterocycles. The Labute approximate surface area is 204 Å². The van der Waals surface area contributed by atoms with E-state index >= 15 is 0 Å². The van der Waals surface area contributed by atoms with Gasteiger partial charge in [-0.05, 0) is 49.1 Å². The van der Waals surface area contributed by atoms with E-state index in [1.54, 1.807) is 4.90 Å². The Kier molecular flexibility index (Phi) is 7.11. The average molecular weight is 495 g/mol. The molecular formula is C26H26N2O4S2.